The van der Waals surface area contributed by atoms with E-state index in [1.165, 1.54) is 21.5 Å². The molecule has 0 aliphatic rings. The predicted molar refractivity (Wildman–Crippen MR) is 229 cm³/mol. The zero-order valence-corrected chi connectivity index (χ0v) is 34.4. The predicted octanol–water partition coefficient (Wildman–Crippen LogP) is 14.2. The molecule has 56 heavy (non-hydrogen) atoms. The van der Waals surface area contributed by atoms with Crippen LogP contribution in [0.15, 0.2) is 199 Å². The third-order valence-electron chi connectivity index (χ3n) is 10.8. The first-order valence-corrected chi connectivity index (χ1v) is 18.6. The summed E-state index contributed by atoms with van der Waals surface area (Å²) in [6, 6.07) is 72.3. The zero-order valence-electron chi connectivity index (χ0n) is 30.3. The average Bonchev–Trinajstić information content (AvgIpc) is 3.84. The molecule has 3 nitrogen and oxygen atoms in total. The largest absolute Gasteiger partial charge is 2.00 e. The van der Waals surface area contributed by atoms with Gasteiger partial charge in [0, 0.05) is 22.1 Å². The van der Waals surface area contributed by atoms with E-state index in [1.807, 2.05) is 18.2 Å². The molecule has 4 heteroatoms. The van der Waals surface area contributed by atoms with E-state index >= 15 is 0 Å². The Morgan fingerprint density at radius 1 is 0.464 bits per heavy atom. The van der Waals surface area contributed by atoms with Crippen LogP contribution in [0.2, 0.25) is 0 Å². The molecule has 0 unspecified atom stereocenters. The molecule has 0 radical (unpaired) electrons. The van der Waals surface area contributed by atoms with Crippen LogP contribution in [0.1, 0.15) is 0 Å². The summed E-state index contributed by atoms with van der Waals surface area (Å²) in [4.78, 5) is 2.32. The fourth-order valence-corrected chi connectivity index (χ4v) is 8.15. The quantitative estimate of drug-likeness (QED) is 0.122. The van der Waals surface area contributed by atoms with Crippen LogP contribution in [-0.4, -0.2) is 4.57 Å². The first-order chi connectivity index (χ1) is 27.3. The van der Waals surface area contributed by atoms with Crippen molar-refractivity contribution in [2.45, 2.75) is 0 Å². The van der Waals surface area contributed by atoms with Crippen molar-refractivity contribution in [2.75, 3.05) is 4.90 Å². The molecule has 0 N–H and O–H groups in total. The summed E-state index contributed by atoms with van der Waals surface area (Å²) >= 11 is 0. The van der Waals surface area contributed by atoms with Crippen molar-refractivity contribution in [1.82, 2.24) is 4.57 Å². The van der Waals surface area contributed by atoms with Crippen molar-refractivity contribution >= 4 is 71.4 Å². The number of hydrogen-bond acceptors (Lipinski definition) is 2. The topological polar surface area (TPSA) is 21.3 Å². The van der Waals surface area contributed by atoms with Crippen LogP contribution in [-0.2, 0) is 0 Å². The number of aromatic nitrogens is 1. The maximum absolute atomic E-state index is 6.61. The molecule has 0 saturated carbocycles. The van der Waals surface area contributed by atoms with Crippen molar-refractivity contribution in [3.8, 4) is 27.9 Å². The van der Waals surface area contributed by atoms with Gasteiger partial charge in [-0.15, -0.1) is 29.1 Å². The zero-order chi connectivity index (χ0) is 36.3. The van der Waals surface area contributed by atoms with E-state index in [0.717, 1.165) is 77.8 Å². The number of hydrogen-bond donors (Lipinski definition) is 0. The molecule has 2 heterocycles. The first kappa shape index (κ1) is 34.2. The Balaban J connectivity index is 0.00000384. The molecule has 0 bridgehead atoms. The van der Waals surface area contributed by atoms with E-state index in [0.29, 0.717) is 0 Å². The SMILES string of the molecule is [U+2].[c-]1c(-c2ccc(N(c3ccc4c(ccc5ccccc54)c3)c3cccc4c3oc3ccccc34)cc2)cccc1-c1[c-]n(-c2ccccc2)c2ccccc12. The maximum atomic E-state index is 6.61. The monoisotopic (exact) mass is 938 g/mol. The second-order valence-electron chi connectivity index (χ2n) is 14.0. The van der Waals surface area contributed by atoms with Crippen molar-refractivity contribution in [3.05, 3.63) is 206 Å². The molecule has 11 aromatic rings. The molecule has 9 aromatic carbocycles. The van der Waals surface area contributed by atoms with Gasteiger partial charge in [0.25, 0.3) is 0 Å². The number of furan rings is 1. The van der Waals surface area contributed by atoms with Crippen LogP contribution in [0, 0.1) is 43.4 Å². The Kier molecular flexibility index (Phi) is 8.60. The van der Waals surface area contributed by atoms with E-state index in [1.54, 1.807) is 0 Å². The standard InChI is InChI=1S/C52H32N2O.U/c1-2-15-40(16-3-1)53-34-48(45-18-6-8-21-49(45)53)38-14-10-13-37(32-38)35-26-28-41(29-27-35)54(50-22-11-20-47-46-19-7-9-23-51(46)55-52(47)50)42-30-31-44-39(33-42)25-24-36-12-4-5-17-43(36)44;/h1-31,33H;/q-2;+2. The molecule has 0 saturated heterocycles. The van der Waals surface area contributed by atoms with Gasteiger partial charge >= 0.3 is 31.1 Å². The van der Waals surface area contributed by atoms with Crippen molar-refractivity contribution in [1.29, 1.82) is 0 Å². The third-order valence-corrected chi connectivity index (χ3v) is 10.8. The maximum Gasteiger partial charge on any atom is 2.00 e. The second-order valence-corrected chi connectivity index (χ2v) is 14.0. The smallest absolute Gasteiger partial charge is 0.454 e. The minimum Gasteiger partial charge on any atom is -0.454 e. The number of anilines is 3. The average molecular weight is 939 g/mol. The molecule has 0 fully saturated rings. The number of fused-ring (bicyclic) bond motifs is 7. The van der Waals surface area contributed by atoms with Gasteiger partial charge in [-0.3, -0.25) is 0 Å². The van der Waals surface area contributed by atoms with Gasteiger partial charge in [-0.2, -0.15) is 23.3 Å². The fourth-order valence-electron chi connectivity index (χ4n) is 8.15. The molecule has 0 aliphatic carbocycles. The van der Waals surface area contributed by atoms with Gasteiger partial charge in [-0.25, -0.2) is 0 Å². The minimum atomic E-state index is 0. The molecule has 0 atom stereocenters. The van der Waals surface area contributed by atoms with Crippen LogP contribution >= 0.6 is 0 Å². The minimum absolute atomic E-state index is 0. The summed E-state index contributed by atoms with van der Waals surface area (Å²) in [5, 5.41) is 8.27. The van der Waals surface area contributed by atoms with E-state index in [4.69, 9.17) is 4.42 Å². The van der Waals surface area contributed by atoms with Crippen LogP contribution in [0.25, 0.3) is 82.3 Å². The van der Waals surface area contributed by atoms with E-state index in [-0.39, 0.29) is 31.1 Å². The molecule has 0 spiro atoms. The van der Waals surface area contributed by atoms with Gasteiger partial charge in [0.1, 0.15) is 5.58 Å². The van der Waals surface area contributed by atoms with Crippen molar-refractivity contribution in [2.24, 2.45) is 0 Å². The summed E-state index contributed by atoms with van der Waals surface area (Å²) in [6.45, 7) is 0. The summed E-state index contributed by atoms with van der Waals surface area (Å²) in [5.41, 5.74) is 11.2. The second kappa shape index (κ2) is 14.1. The van der Waals surface area contributed by atoms with Crippen molar-refractivity contribution in [3.63, 3.8) is 0 Å². The normalized spacial score (nSPS) is 11.4. The fraction of sp³-hybridized carbons (Fsp3) is 0. The summed E-state index contributed by atoms with van der Waals surface area (Å²) in [5.74, 6) is 0. The molecule has 2 aromatic heterocycles. The van der Waals surface area contributed by atoms with Gasteiger partial charge in [-0.1, -0.05) is 151 Å². The third kappa shape index (κ3) is 5.73. The summed E-state index contributed by atoms with van der Waals surface area (Å²) in [6.07, 6.45) is 3.68. The van der Waals surface area contributed by atoms with Crippen LogP contribution in [0.3, 0.4) is 0 Å². The Morgan fingerprint density at radius 3 is 2.00 bits per heavy atom. The first-order valence-electron chi connectivity index (χ1n) is 18.6. The summed E-state index contributed by atoms with van der Waals surface area (Å²) < 4.78 is 8.76. The van der Waals surface area contributed by atoms with Gasteiger partial charge in [0.2, 0.25) is 0 Å². The van der Waals surface area contributed by atoms with Crippen LogP contribution < -0.4 is 4.90 Å². The van der Waals surface area contributed by atoms with Crippen molar-refractivity contribution < 1.29 is 35.5 Å². The molecular weight excluding hydrogens is 907 g/mol. The molecule has 11 rings (SSSR count). The summed E-state index contributed by atoms with van der Waals surface area (Å²) in [7, 11) is 0. The van der Waals surface area contributed by atoms with Crippen LogP contribution in [0.4, 0.5) is 17.1 Å². The Hall–Kier alpha value is -6.31. The molecular formula is C52H32N2OU. The van der Waals surface area contributed by atoms with Gasteiger partial charge < -0.3 is 13.9 Å². The number of para-hydroxylation sites is 4. The Bertz CT molecular complexity index is 3210. The number of benzene rings is 9. The molecule has 260 valence electrons. The number of nitrogens with zero attached hydrogens (tertiary/aromatic N) is 2. The van der Waals surface area contributed by atoms with Gasteiger partial charge in [0.05, 0.1) is 5.69 Å². The van der Waals surface area contributed by atoms with Gasteiger partial charge in [-0.05, 0) is 63.6 Å². The van der Waals surface area contributed by atoms with Gasteiger partial charge in [0.15, 0.2) is 5.58 Å². The van der Waals surface area contributed by atoms with E-state index < -0.39 is 0 Å². The van der Waals surface area contributed by atoms with E-state index in [9.17, 15) is 0 Å². The van der Waals surface area contributed by atoms with Crippen LogP contribution in [0.5, 0.6) is 0 Å². The molecule has 0 aliphatic heterocycles. The number of rotatable bonds is 6. The van der Waals surface area contributed by atoms with E-state index in [2.05, 4.69) is 198 Å². The molecule has 0 amide bonds. The Labute approximate surface area is 348 Å². The Morgan fingerprint density at radius 2 is 1.12 bits per heavy atom.